The van der Waals surface area contributed by atoms with Crippen molar-refractivity contribution in [3.63, 3.8) is 0 Å². The number of nitrogens with one attached hydrogen (secondary N) is 1. The molecule has 3 heterocycles. The molecule has 5 heteroatoms. The van der Waals surface area contributed by atoms with Crippen LogP contribution in [0.3, 0.4) is 0 Å². The Bertz CT molecular complexity index is 600. The summed E-state index contributed by atoms with van der Waals surface area (Å²) in [7, 11) is 0. The second-order valence-electron chi connectivity index (χ2n) is 5.71. The van der Waals surface area contributed by atoms with E-state index in [4.69, 9.17) is 0 Å². The Labute approximate surface area is 128 Å². The summed E-state index contributed by atoms with van der Waals surface area (Å²) in [6.45, 7) is 2.96. The van der Waals surface area contributed by atoms with E-state index in [2.05, 4.69) is 20.2 Å². The molecule has 0 aromatic carbocycles. The quantitative estimate of drug-likeness (QED) is 0.924. The molecule has 21 heavy (non-hydrogen) atoms. The lowest BCUT2D eigenvalue weighted by Crippen LogP contribution is -2.34. The van der Waals surface area contributed by atoms with Crippen LogP contribution < -0.4 is 5.56 Å². The molecule has 1 aliphatic heterocycles. The van der Waals surface area contributed by atoms with Crippen molar-refractivity contribution in [2.75, 3.05) is 13.1 Å². The van der Waals surface area contributed by atoms with Gasteiger partial charge in [0.25, 0.3) is 5.56 Å². The zero-order chi connectivity index (χ0) is 14.5. The van der Waals surface area contributed by atoms with Gasteiger partial charge >= 0.3 is 0 Å². The lowest BCUT2D eigenvalue weighted by molar-refractivity contribution is 0.172. The second-order valence-corrected chi connectivity index (χ2v) is 6.69. The standard InChI is InChI=1S/C16H21N3OS/c20-16-14(2-1-7-18-16)12-19-9-5-13(6-10-19)3-4-15-17-8-11-21-15/h1-2,7-8,11,13H,3-6,9-10,12H2,(H,18,20). The maximum absolute atomic E-state index is 11.7. The Morgan fingerprint density at radius 1 is 1.38 bits per heavy atom. The molecular weight excluding hydrogens is 282 g/mol. The highest BCUT2D eigenvalue weighted by molar-refractivity contribution is 7.09. The van der Waals surface area contributed by atoms with Gasteiger partial charge in [-0.2, -0.15) is 0 Å². The molecule has 2 aromatic heterocycles. The third-order valence-corrected chi connectivity index (χ3v) is 5.09. The maximum atomic E-state index is 11.7. The Morgan fingerprint density at radius 3 is 2.95 bits per heavy atom. The molecule has 1 aliphatic rings. The molecule has 1 saturated heterocycles. The summed E-state index contributed by atoms with van der Waals surface area (Å²) in [5, 5.41) is 3.31. The topological polar surface area (TPSA) is 49.0 Å². The van der Waals surface area contributed by atoms with E-state index in [9.17, 15) is 4.79 Å². The number of aromatic amines is 1. The lowest BCUT2D eigenvalue weighted by Gasteiger charge is -2.31. The van der Waals surface area contributed by atoms with Gasteiger partial charge in [0, 0.05) is 29.9 Å². The Morgan fingerprint density at radius 2 is 2.24 bits per heavy atom. The van der Waals surface area contributed by atoms with Crippen LogP contribution in [0.15, 0.2) is 34.7 Å². The van der Waals surface area contributed by atoms with E-state index in [1.54, 1.807) is 17.5 Å². The van der Waals surface area contributed by atoms with Crippen LogP contribution in [0.2, 0.25) is 0 Å². The molecule has 1 N–H and O–H groups in total. The molecule has 3 rings (SSSR count). The molecule has 0 atom stereocenters. The highest BCUT2D eigenvalue weighted by Crippen LogP contribution is 2.23. The molecule has 0 saturated carbocycles. The molecule has 0 bridgehead atoms. The predicted molar refractivity (Wildman–Crippen MR) is 85.5 cm³/mol. The number of hydrogen-bond acceptors (Lipinski definition) is 4. The minimum Gasteiger partial charge on any atom is -0.329 e. The van der Waals surface area contributed by atoms with E-state index in [0.717, 1.165) is 37.5 Å². The number of nitrogens with zero attached hydrogens (tertiary/aromatic N) is 2. The van der Waals surface area contributed by atoms with Gasteiger partial charge in [-0.1, -0.05) is 6.07 Å². The van der Waals surface area contributed by atoms with E-state index in [1.807, 2.05) is 18.3 Å². The fraction of sp³-hybridized carbons (Fsp3) is 0.500. The first-order valence-corrected chi connectivity index (χ1v) is 8.46. The van der Waals surface area contributed by atoms with E-state index in [0.29, 0.717) is 0 Å². The van der Waals surface area contributed by atoms with Gasteiger partial charge in [0.15, 0.2) is 0 Å². The summed E-state index contributed by atoms with van der Waals surface area (Å²) in [6, 6.07) is 3.82. The summed E-state index contributed by atoms with van der Waals surface area (Å²) in [6.07, 6.45) is 8.40. The molecule has 0 aliphatic carbocycles. The van der Waals surface area contributed by atoms with Crippen LogP contribution >= 0.6 is 11.3 Å². The van der Waals surface area contributed by atoms with Crippen molar-refractivity contribution < 1.29 is 0 Å². The summed E-state index contributed by atoms with van der Waals surface area (Å²) in [5.74, 6) is 0.805. The van der Waals surface area contributed by atoms with Crippen molar-refractivity contribution in [3.05, 3.63) is 50.8 Å². The van der Waals surface area contributed by atoms with Crippen LogP contribution in [0.1, 0.15) is 29.8 Å². The summed E-state index contributed by atoms with van der Waals surface area (Å²) >= 11 is 1.76. The maximum Gasteiger partial charge on any atom is 0.252 e. The first-order chi connectivity index (χ1) is 10.3. The van der Waals surface area contributed by atoms with E-state index < -0.39 is 0 Å². The Kier molecular flexibility index (Phi) is 4.83. The molecule has 0 unspecified atom stereocenters. The predicted octanol–water partition coefficient (Wildman–Crippen LogP) is 2.68. The van der Waals surface area contributed by atoms with Crippen LogP contribution in [0, 0.1) is 5.92 Å². The van der Waals surface area contributed by atoms with E-state index in [1.165, 1.54) is 24.3 Å². The lowest BCUT2D eigenvalue weighted by atomic mass is 9.92. The zero-order valence-electron chi connectivity index (χ0n) is 12.1. The fourth-order valence-corrected chi connectivity index (χ4v) is 3.60. The highest BCUT2D eigenvalue weighted by Gasteiger charge is 2.19. The van der Waals surface area contributed by atoms with Crippen molar-refractivity contribution in [2.45, 2.75) is 32.2 Å². The molecule has 1 fully saturated rings. The first kappa shape index (κ1) is 14.5. The Hall–Kier alpha value is -1.46. The molecule has 0 spiro atoms. The van der Waals surface area contributed by atoms with Gasteiger partial charge in [0.1, 0.15) is 0 Å². The van der Waals surface area contributed by atoms with Gasteiger partial charge in [0.2, 0.25) is 0 Å². The average Bonchev–Trinajstić information content (AvgIpc) is 3.02. The van der Waals surface area contributed by atoms with Gasteiger partial charge in [-0.25, -0.2) is 4.98 Å². The van der Waals surface area contributed by atoms with Crippen molar-refractivity contribution in [1.82, 2.24) is 14.9 Å². The van der Waals surface area contributed by atoms with Gasteiger partial charge in [0.05, 0.1) is 5.01 Å². The van der Waals surface area contributed by atoms with Crippen LogP contribution in [0.5, 0.6) is 0 Å². The third-order valence-electron chi connectivity index (χ3n) is 4.25. The summed E-state index contributed by atoms with van der Waals surface area (Å²) in [5.41, 5.74) is 0.919. The average molecular weight is 303 g/mol. The van der Waals surface area contributed by atoms with Gasteiger partial charge < -0.3 is 4.98 Å². The van der Waals surface area contributed by atoms with Crippen LogP contribution in [-0.4, -0.2) is 28.0 Å². The number of rotatable bonds is 5. The summed E-state index contributed by atoms with van der Waals surface area (Å²) < 4.78 is 0. The van der Waals surface area contributed by atoms with Gasteiger partial charge in [-0.05, 0) is 50.8 Å². The van der Waals surface area contributed by atoms with Crippen LogP contribution in [0.4, 0.5) is 0 Å². The zero-order valence-corrected chi connectivity index (χ0v) is 12.9. The Balaban J connectivity index is 1.45. The van der Waals surface area contributed by atoms with Gasteiger partial charge in [-0.3, -0.25) is 9.69 Å². The minimum absolute atomic E-state index is 0.0448. The normalized spacial score (nSPS) is 17.1. The SMILES string of the molecule is O=c1[nH]cccc1CN1CCC(CCc2nccs2)CC1. The number of aryl methyl sites for hydroxylation is 1. The number of hydrogen-bond donors (Lipinski definition) is 1. The van der Waals surface area contributed by atoms with Gasteiger partial charge in [-0.15, -0.1) is 11.3 Å². The van der Waals surface area contributed by atoms with Crippen molar-refractivity contribution in [3.8, 4) is 0 Å². The molecule has 4 nitrogen and oxygen atoms in total. The van der Waals surface area contributed by atoms with E-state index in [-0.39, 0.29) is 5.56 Å². The molecule has 0 amide bonds. The molecule has 2 aromatic rings. The number of H-pyrrole nitrogens is 1. The summed E-state index contributed by atoms with van der Waals surface area (Å²) in [4.78, 5) is 21.2. The molecule has 0 radical (unpaired) electrons. The largest absolute Gasteiger partial charge is 0.329 e. The third kappa shape index (κ3) is 4.02. The van der Waals surface area contributed by atoms with Crippen molar-refractivity contribution in [2.24, 2.45) is 5.92 Å². The number of thiazole rings is 1. The van der Waals surface area contributed by atoms with Crippen molar-refractivity contribution >= 4 is 11.3 Å². The number of piperidine rings is 1. The van der Waals surface area contributed by atoms with Crippen LogP contribution in [0.25, 0.3) is 0 Å². The molecular formula is C16H21N3OS. The highest BCUT2D eigenvalue weighted by atomic mass is 32.1. The van der Waals surface area contributed by atoms with Crippen LogP contribution in [-0.2, 0) is 13.0 Å². The minimum atomic E-state index is 0.0448. The number of likely N-dealkylation sites (tertiary alicyclic amines) is 1. The first-order valence-electron chi connectivity index (χ1n) is 7.58. The fourth-order valence-electron chi connectivity index (χ4n) is 2.96. The van der Waals surface area contributed by atoms with Crippen molar-refractivity contribution in [1.29, 1.82) is 0 Å². The number of pyridine rings is 1. The molecule has 112 valence electrons. The smallest absolute Gasteiger partial charge is 0.252 e. The second kappa shape index (κ2) is 7.00. The number of aromatic nitrogens is 2. The van der Waals surface area contributed by atoms with E-state index >= 15 is 0 Å². The monoisotopic (exact) mass is 303 g/mol.